The smallest absolute Gasteiger partial charge is 0.335 e. The number of halogens is 1. The summed E-state index contributed by atoms with van der Waals surface area (Å²) < 4.78 is 25.4. The third-order valence-corrected chi connectivity index (χ3v) is 7.60. The summed E-state index contributed by atoms with van der Waals surface area (Å²) in [6.07, 6.45) is 4.63. The van der Waals surface area contributed by atoms with Gasteiger partial charge in [0, 0.05) is 25.3 Å². The number of carboxylic acids is 1. The Hall–Kier alpha value is -2.93. The minimum atomic E-state index is -1.13. The number of aromatic carboxylic acids is 1. The maximum atomic E-state index is 14.8. The van der Waals surface area contributed by atoms with E-state index in [2.05, 4.69) is 0 Å². The van der Waals surface area contributed by atoms with E-state index in [1.807, 2.05) is 29.2 Å². The first-order chi connectivity index (χ1) is 15.9. The first-order valence-electron chi connectivity index (χ1n) is 11.5. The summed E-state index contributed by atoms with van der Waals surface area (Å²) in [6.45, 7) is 2.24. The standard InChI is InChI=1S/C26H28FNO5/c1-32-22-14-18(25(30)31)13-19(23(22)27)16-4-6-17(7-5-16)20-15-26(20)8-10-28(11-9-26)24(29)21-3-2-12-33-21/h4-7,13-14,20-21H,2-3,8-12,15H2,1H3,(H,30,31)/t20-,21-/m1/s1. The van der Waals surface area contributed by atoms with Crippen LogP contribution in [0.2, 0.25) is 0 Å². The Morgan fingerprint density at radius 1 is 1.18 bits per heavy atom. The second kappa shape index (κ2) is 8.45. The summed E-state index contributed by atoms with van der Waals surface area (Å²) >= 11 is 0. The number of carbonyl (C=O) groups is 2. The predicted molar refractivity (Wildman–Crippen MR) is 120 cm³/mol. The van der Waals surface area contributed by atoms with Crippen molar-refractivity contribution in [1.29, 1.82) is 0 Å². The summed E-state index contributed by atoms with van der Waals surface area (Å²) in [7, 11) is 1.32. The molecule has 2 aromatic carbocycles. The predicted octanol–water partition coefficient (Wildman–Crippen LogP) is 4.47. The number of likely N-dealkylation sites (tertiary alicyclic amines) is 1. The number of hydrogen-bond donors (Lipinski definition) is 1. The molecule has 174 valence electrons. The molecule has 2 atom stereocenters. The molecule has 1 amide bonds. The van der Waals surface area contributed by atoms with Gasteiger partial charge in [0.05, 0.1) is 12.7 Å². The van der Waals surface area contributed by atoms with Gasteiger partial charge >= 0.3 is 5.97 Å². The second-order valence-corrected chi connectivity index (χ2v) is 9.41. The highest BCUT2D eigenvalue weighted by molar-refractivity contribution is 5.90. The molecule has 2 aromatic rings. The van der Waals surface area contributed by atoms with Crippen LogP contribution in [0.3, 0.4) is 0 Å². The first kappa shape index (κ1) is 21.9. The molecule has 0 aromatic heterocycles. The molecule has 33 heavy (non-hydrogen) atoms. The average molecular weight is 454 g/mol. The number of piperidine rings is 1. The fraction of sp³-hybridized carbons (Fsp3) is 0.462. The minimum Gasteiger partial charge on any atom is -0.494 e. The van der Waals surface area contributed by atoms with E-state index >= 15 is 0 Å². The van der Waals surface area contributed by atoms with Crippen LogP contribution in [0.1, 0.15) is 53.9 Å². The van der Waals surface area contributed by atoms with E-state index in [0.29, 0.717) is 18.1 Å². The zero-order chi connectivity index (χ0) is 23.2. The summed E-state index contributed by atoms with van der Waals surface area (Å²) in [5.74, 6) is -1.20. The average Bonchev–Trinajstić information content (AvgIpc) is 3.25. The van der Waals surface area contributed by atoms with Crippen LogP contribution in [0.5, 0.6) is 5.75 Å². The highest BCUT2D eigenvalue weighted by atomic mass is 19.1. The van der Waals surface area contributed by atoms with Crippen LogP contribution in [0.4, 0.5) is 4.39 Å². The van der Waals surface area contributed by atoms with Gasteiger partial charge in [0.15, 0.2) is 11.6 Å². The first-order valence-corrected chi connectivity index (χ1v) is 11.5. The lowest BCUT2D eigenvalue weighted by atomic mass is 9.88. The van der Waals surface area contributed by atoms with Crippen molar-refractivity contribution in [2.24, 2.45) is 5.41 Å². The zero-order valence-corrected chi connectivity index (χ0v) is 18.7. The van der Waals surface area contributed by atoms with E-state index < -0.39 is 11.8 Å². The van der Waals surface area contributed by atoms with Crippen LogP contribution < -0.4 is 4.74 Å². The molecule has 1 N–H and O–H groups in total. The maximum Gasteiger partial charge on any atom is 0.335 e. The topological polar surface area (TPSA) is 76.1 Å². The lowest BCUT2D eigenvalue weighted by Gasteiger charge is -2.34. The van der Waals surface area contributed by atoms with Crippen LogP contribution in [-0.2, 0) is 9.53 Å². The molecule has 1 spiro atoms. The van der Waals surface area contributed by atoms with Gasteiger partial charge in [-0.05, 0) is 66.7 Å². The molecule has 6 nitrogen and oxygen atoms in total. The van der Waals surface area contributed by atoms with Crippen molar-refractivity contribution in [3.63, 3.8) is 0 Å². The van der Waals surface area contributed by atoms with E-state index in [1.165, 1.54) is 24.8 Å². The molecule has 5 rings (SSSR count). The van der Waals surface area contributed by atoms with E-state index in [0.717, 1.165) is 45.2 Å². The zero-order valence-electron chi connectivity index (χ0n) is 18.7. The number of carboxylic acid groups (broad SMARTS) is 1. The number of amides is 1. The molecule has 7 heteroatoms. The third kappa shape index (κ3) is 3.99. The van der Waals surface area contributed by atoms with E-state index in [-0.39, 0.29) is 34.3 Å². The highest BCUT2D eigenvalue weighted by Gasteiger charge is 2.55. The van der Waals surface area contributed by atoms with Crippen molar-refractivity contribution in [3.8, 4) is 16.9 Å². The van der Waals surface area contributed by atoms with E-state index in [1.54, 1.807) is 0 Å². The van der Waals surface area contributed by atoms with Gasteiger partial charge in [-0.1, -0.05) is 24.3 Å². The number of hydrogen-bond acceptors (Lipinski definition) is 4. The summed E-state index contributed by atoms with van der Waals surface area (Å²) in [5, 5.41) is 9.34. The minimum absolute atomic E-state index is 0.0159. The van der Waals surface area contributed by atoms with Crippen molar-refractivity contribution in [2.45, 2.75) is 44.1 Å². The SMILES string of the molecule is COc1cc(C(=O)O)cc(-c2ccc([C@H]3CC34CCN(C(=O)[C@H]3CCCO3)CC4)cc2)c1F. The largest absolute Gasteiger partial charge is 0.494 e. The van der Waals surface area contributed by atoms with Gasteiger partial charge in [-0.3, -0.25) is 4.79 Å². The highest BCUT2D eigenvalue weighted by Crippen LogP contribution is 2.65. The number of rotatable bonds is 5. The van der Waals surface area contributed by atoms with Crippen molar-refractivity contribution >= 4 is 11.9 Å². The van der Waals surface area contributed by atoms with Crippen molar-refractivity contribution in [2.75, 3.05) is 26.8 Å². The van der Waals surface area contributed by atoms with Gasteiger partial charge in [-0.2, -0.15) is 0 Å². The van der Waals surface area contributed by atoms with Crippen LogP contribution in [0.15, 0.2) is 36.4 Å². The molecule has 3 aliphatic rings. The summed E-state index contributed by atoms with van der Waals surface area (Å²) in [4.78, 5) is 26.0. The molecule has 0 unspecified atom stereocenters. The molecule has 0 bridgehead atoms. The molecule has 2 saturated heterocycles. The van der Waals surface area contributed by atoms with Gasteiger partial charge < -0.3 is 19.5 Å². The van der Waals surface area contributed by atoms with Crippen LogP contribution in [-0.4, -0.2) is 54.8 Å². The number of methoxy groups -OCH3 is 1. The number of carbonyl (C=O) groups excluding carboxylic acids is 1. The fourth-order valence-electron chi connectivity index (χ4n) is 5.49. The summed E-state index contributed by atoms with van der Waals surface area (Å²) in [5.41, 5.74) is 2.26. The van der Waals surface area contributed by atoms with Gasteiger partial charge in [0.2, 0.25) is 0 Å². The van der Waals surface area contributed by atoms with Gasteiger partial charge in [-0.15, -0.1) is 0 Å². The van der Waals surface area contributed by atoms with Crippen LogP contribution in [0.25, 0.3) is 11.1 Å². The quantitative estimate of drug-likeness (QED) is 0.723. The molecule has 1 aliphatic carbocycles. The molecule has 2 heterocycles. The second-order valence-electron chi connectivity index (χ2n) is 9.41. The number of benzene rings is 2. The van der Waals surface area contributed by atoms with Gasteiger partial charge in [-0.25, -0.2) is 9.18 Å². The molecule has 0 radical (unpaired) electrons. The molecular formula is C26H28FNO5. The van der Waals surface area contributed by atoms with Crippen molar-refractivity contribution < 1.29 is 28.6 Å². The van der Waals surface area contributed by atoms with Crippen molar-refractivity contribution in [3.05, 3.63) is 53.3 Å². The van der Waals surface area contributed by atoms with Crippen molar-refractivity contribution in [1.82, 2.24) is 4.90 Å². The molecule has 2 aliphatic heterocycles. The van der Waals surface area contributed by atoms with E-state index in [4.69, 9.17) is 9.47 Å². The Balaban J connectivity index is 1.28. The number of ether oxygens (including phenoxy) is 2. The van der Waals surface area contributed by atoms with E-state index in [9.17, 15) is 19.1 Å². The molecular weight excluding hydrogens is 425 g/mol. The summed E-state index contributed by atoms with van der Waals surface area (Å²) in [6, 6.07) is 10.3. The Morgan fingerprint density at radius 3 is 2.52 bits per heavy atom. The monoisotopic (exact) mass is 453 g/mol. The molecule has 3 fully saturated rings. The Bertz CT molecular complexity index is 1070. The van der Waals surface area contributed by atoms with Gasteiger partial charge in [0.1, 0.15) is 6.10 Å². The normalized spacial score (nSPS) is 23.5. The fourth-order valence-corrected chi connectivity index (χ4v) is 5.49. The van der Waals surface area contributed by atoms with Crippen LogP contribution in [0, 0.1) is 11.2 Å². The Morgan fingerprint density at radius 2 is 1.91 bits per heavy atom. The lowest BCUT2D eigenvalue weighted by molar-refractivity contribution is -0.142. The maximum absolute atomic E-state index is 14.8. The third-order valence-electron chi connectivity index (χ3n) is 7.60. The van der Waals surface area contributed by atoms with Crippen LogP contribution >= 0.6 is 0 Å². The lowest BCUT2D eigenvalue weighted by Crippen LogP contribution is -2.44. The molecule has 1 saturated carbocycles. The Labute approximate surface area is 192 Å². The Kier molecular flexibility index (Phi) is 5.60. The number of nitrogens with zero attached hydrogens (tertiary/aromatic N) is 1. The van der Waals surface area contributed by atoms with Gasteiger partial charge in [0.25, 0.3) is 5.91 Å².